The Balaban J connectivity index is 2.15. The molecule has 2 aromatic rings. The van der Waals surface area contributed by atoms with Crippen molar-refractivity contribution in [3.05, 3.63) is 47.4 Å². The highest BCUT2D eigenvalue weighted by molar-refractivity contribution is 7.98. The van der Waals surface area contributed by atoms with Gasteiger partial charge in [-0.3, -0.25) is 0 Å². The van der Waals surface area contributed by atoms with Crippen molar-refractivity contribution < 1.29 is 4.42 Å². The van der Waals surface area contributed by atoms with Crippen molar-refractivity contribution in [3.8, 4) is 0 Å². The summed E-state index contributed by atoms with van der Waals surface area (Å²) in [5, 5.41) is 3.51. The maximum absolute atomic E-state index is 5.57. The van der Waals surface area contributed by atoms with Crippen LogP contribution in [0, 0.1) is 13.8 Å². The van der Waals surface area contributed by atoms with Gasteiger partial charge in [-0.1, -0.05) is 6.07 Å². The quantitative estimate of drug-likeness (QED) is 0.801. The average Bonchev–Trinajstić information content (AvgIpc) is 2.69. The van der Waals surface area contributed by atoms with Crippen molar-refractivity contribution in [2.45, 2.75) is 31.7 Å². The van der Waals surface area contributed by atoms with Gasteiger partial charge in [-0.05, 0) is 51.3 Å². The van der Waals surface area contributed by atoms with Gasteiger partial charge in [0.15, 0.2) is 0 Å². The highest BCUT2D eigenvalue weighted by atomic mass is 32.2. The standard InChI is InChI=1S/C15H19NOS/c1-10-8-15(12(3)17-10)11(2)16-13-6-5-7-14(9-13)18-4/h5-9,11,16H,1-4H3. The van der Waals surface area contributed by atoms with Gasteiger partial charge in [-0.2, -0.15) is 0 Å². The van der Waals surface area contributed by atoms with Gasteiger partial charge in [0.05, 0.1) is 6.04 Å². The van der Waals surface area contributed by atoms with Crippen molar-refractivity contribution in [1.82, 2.24) is 0 Å². The lowest BCUT2D eigenvalue weighted by molar-refractivity contribution is 0.500. The minimum Gasteiger partial charge on any atom is -0.466 e. The van der Waals surface area contributed by atoms with Crippen LogP contribution in [0.15, 0.2) is 39.6 Å². The predicted octanol–water partition coefficient (Wildman–Crippen LogP) is 4.79. The molecule has 0 saturated heterocycles. The Morgan fingerprint density at radius 1 is 1.22 bits per heavy atom. The number of hydrogen-bond acceptors (Lipinski definition) is 3. The van der Waals surface area contributed by atoms with Crippen molar-refractivity contribution in [2.24, 2.45) is 0 Å². The van der Waals surface area contributed by atoms with Crippen LogP contribution in [0.2, 0.25) is 0 Å². The molecular formula is C15H19NOS. The van der Waals surface area contributed by atoms with Crippen molar-refractivity contribution in [1.29, 1.82) is 0 Å². The van der Waals surface area contributed by atoms with E-state index < -0.39 is 0 Å². The minimum atomic E-state index is 0.250. The largest absolute Gasteiger partial charge is 0.466 e. The molecule has 0 aliphatic carbocycles. The summed E-state index contributed by atoms with van der Waals surface area (Å²) in [6.45, 7) is 6.15. The van der Waals surface area contributed by atoms with E-state index in [1.54, 1.807) is 11.8 Å². The summed E-state index contributed by atoms with van der Waals surface area (Å²) in [6.07, 6.45) is 2.09. The molecule has 0 saturated carbocycles. The normalized spacial score (nSPS) is 12.4. The van der Waals surface area contributed by atoms with E-state index in [1.807, 2.05) is 13.8 Å². The van der Waals surface area contributed by atoms with Crippen LogP contribution in [0.1, 0.15) is 30.0 Å². The third-order valence-electron chi connectivity index (χ3n) is 3.00. The zero-order chi connectivity index (χ0) is 13.1. The van der Waals surface area contributed by atoms with Crippen LogP contribution in [0.5, 0.6) is 0 Å². The minimum absolute atomic E-state index is 0.250. The number of hydrogen-bond donors (Lipinski definition) is 1. The van der Waals surface area contributed by atoms with Crippen LogP contribution in [0.4, 0.5) is 5.69 Å². The van der Waals surface area contributed by atoms with E-state index in [1.165, 1.54) is 10.5 Å². The van der Waals surface area contributed by atoms with Crippen LogP contribution in [0.3, 0.4) is 0 Å². The molecule has 1 aromatic heterocycles. The summed E-state index contributed by atoms with van der Waals surface area (Å²) in [5.41, 5.74) is 2.37. The Morgan fingerprint density at radius 3 is 2.61 bits per heavy atom. The Bertz CT molecular complexity index is 533. The lowest BCUT2D eigenvalue weighted by Crippen LogP contribution is -2.06. The summed E-state index contributed by atoms with van der Waals surface area (Å²) >= 11 is 1.75. The van der Waals surface area contributed by atoms with Gasteiger partial charge in [0.1, 0.15) is 11.5 Å². The summed E-state index contributed by atoms with van der Waals surface area (Å²) in [7, 11) is 0. The molecule has 2 rings (SSSR count). The highest BCUT2D eigenvalue weighted by Gasteiger charge is 2.12. The second-order valence-corrected chi connectivity index (χ2v) is 5.35. The second kappa shape index (κ2) is 5.53. The molecule has 0 radical (unpaired) electrons. The van der Waals surface area contributed by atoms with Gasteiger partial charge in [-0.25, -0.2) is 0 Å². The fourth-order valence-corrected chi connectivity index (χ4v) is 2.58. The molecule has 0 aliphatic rings. The van der Waals surface area contributed by atoms with Gasteiger partial charge in [0.2, 0.25) is 0 Å². The van der Waals surface area contributed by atoms with Gasteiger partial charge >= 0.3 is 0 Å². The van der Waals surface area contributed by atoms with E-state index in [0.29, 0.717) is 0 Å². The van der Waals surface area contributed by atoms with Crippen LogP contribution in [-0.4, -0.2) is 6.26 Å². The molecule has 1 heterocycles. The second-order valence-electron chi connectivity index (χ2n) is 4.47. The molecule has 18 heavy (non-hydrogen) atoms. The molecule has 3 heteroatoms. The Hall–Kier alpha value is -1.35. The zero-order valence-electron chi connectivity index (χ0n) is 11.3. The molecule has 0 fully saturated rings. The molecule has 2 nitrogen and oxygen atoms in total. The van der Waals surface area contributed by atoms with Gasteiger partial charge in [-0.15, -0.1) is 11.8 Å². The summed E-state index contributed by atoms with van der Waals surface area (Å²) in [4.78, 5) is 1.27. The molecule has 96 valence electrons. The molecule has 1 unspecified atom stereocenters. The number of anilines is 1. The predicted molar refractivity (Wildman–Crippen MR) is 78.4 cm³/mol. The van der Waals surface area contributed by atoms with Crippen LogP contribution < -0.4 is 5.32 Å². The average molecular weight is 261 g/mol. The smallest absolute Gasteiger partial charge is 0.106 e. The topological polar surface area (TPSA) is 25.2 Å². The lowest BCUT2D eigenvalue weighted by atomic mass is 10.1. The van der Waals surface area contributed by atoms with Crippen molar-refractivity contribution in [2.75, 3.05) is 11.6 Å². The summed E-state index contributed by atoms with van der Waals surface area (Å²) in [6, 6.07) is 10.8. The van der Waals surface area contributed by atoms with E-state index in [9.17, 15) is 0 Å². The summed E-state index contributed by atoms with van der Waals surface area (Å²) < 4.78 is 5.57. The molecule has 1 N–H and O–H groups in total. The third kappa shape index (κ3) is 2.91. The van der Waals surface area contributed by atoms with Crippen LogP contribution >= 0.6 is 11.8 Å². The van der Waals surface area contributed by atoms with Gasteiger partial charge in [0.25, 0.3) is 0 Å². The van der Waals surface area contributed by atoms with Crippen molar-refractivity contribution in [3.63, 3.8) is 0 Å². The molecular weight excluding hydrogens is 242 g/mol. The number of rotatable bonds is 4. The maximum Gasteiger partial charge on any atom is 0.106 e. The molecule has 0 bridgehead atoms. The van der Waals surface area contributed by atoms with Gasteiger partial charge in [0, 0.05) is 16.1 Å². The molecule has 0 spiro atoms. The fraction of sp³-hybridized carbons (Fsp3) is 0.333. The van der Waals surface area contributed by atoms with Crippen molar-refractivity contribution >= 4 is 17.4 Å². The first-order chi connectivity index (χ1) is 8.60. The van der Waals surface area contributed by atoms with Crippen LogP contribution in [0.25, 0.3) is 0 Å². The molecule has 0 amide bonds. The van der Waals surface area contributed by atoms with E-state index >= 15 is 0 Å². The number of thioether (sulfide) groups is 1. The monoisotopic (exact) mass is 261 g/mol. The molecule has 1 atom stereocenters. The first-order valence-corrected chi connectivity index (χ1v) is 7.30. The van der Waals surface area contributed by atoms with E-state index in [-0.39, 0.29) is 6.04 Å². The Labute approximate surface area is 113 Å². The Morgan fingerprint density at radius 2 is 2.00 bits per heavy atom. The number of benzene rings is 1. The first kappa shape index (κ1) is 13.1. The van der Waals surface area contributed by atoms with Gasteiger partial charge < -0.3 is 9.73 Å². The Kier molecular flexibility index (Phi) is 4.02. The number of aryl methyl sites for hydroxylation is 2. The zero-order valence-corrected chi connectivity index (χ0v) is 12.1. The van der Waals surface area contributed by atoms with E-state index in [2.05, 4.69) is 48.8 Å². The van der Waals surface area contributed by atoms with E-state index in [0.717, 1.165) is 17.2 Å². The van der Waals surface area contributed by atoms with E-state index in [4.69, 9.17) is 4.42 Å². The highest BCUT2D eigenvalue weighted by Crippen LogP contribution is 2.26. The summed E-state index contributed by atoms with van der Waals surface area (Å²) in [5.74, 6) is 1.96. The maximum atomic E-state index is 5.57. The first-order valence-electron chi connectivity index (χ1n) is 6.07. The van der Waals surface area contributed by atoms with Crippen LogP contribution in [-0.2, 0) is 0 Å². The SMILES string of the molecule is CSc1cccc(NC(C)c2cc(C)oc2C)c1. The molecule has 0 aliphatic heterocycles. The third-order valence-corrected chi connectivity index (χ3v) is 3.72. The number of nitrogens with one attached hydrogen (secondary N) is 1. The fourth-order valence-electron chi connectivity index (χ4n) is 2.12. The number of furan rings is 1. The molecule has 1 aromatic carbocycles. The lowest BCUT2D eigenvalue weighted by Gasteiger charge is -2.15.